The first-order valence-corrected chi connectivity index (χ1v) is 7.85. The van der Waals surface area contributed by atoms with E-state index >= 15 is 0 Å². The lowest BCUT2D eigenvalue weighted by Gasteiger charge is -2.13. The molecule has 3 nitrogen and oxygen atoms in total. The number of hydrogen-bond donors (Lipinski definition) is 0. The quantitative estimate of drug-likeness (QED) is 0.622. The molecule has 0 saturated heterocycles. The van der Waals surface area contributed by atoms with E-state index < -0.39 is 0 Å². The zero-order valence-corrected chi connectivity index (χ0v) is 14.2. The van der Waals surface area contributed by atoms with Crippen LogP contribution >= 0.6 is 27.5 Å². The van der Waals surface area contributed by atoms with Gasteiger partial charge in [-0.15, -0.1) is 0 Å². The van der Waals surface area contributed by atoms with E-state index in [-0.39, 0.29) is 0 Å². The van der Waals surface area contributed by atoms with E-state index in [0.29, 0.717) is 23.3 Å². The van der Waals surface area contributed by atoms with Gasteiger partial charge in [-0.2, -0.15) is 0 Å². The highest BCUT2D eigenvalue weighted by molar-refractivity contribution is 9.10. The number of halogens is 2. The van der Waals surface area contributed by atoms with E-state index in [4.69, 9.17) is 21.1 Å². The van der Waals surface area contributed by atoms with Crippen LogP contribution in [0, 0.1) is 0 Å². The predicted octanol–water partition coefficient (Wildman–Crippen LogP) is 5.24. The van der Waals surface area contributed by atoms with Crippen LogP contribution in [-0.2, 0) is 6.61 Å². The summed E-state index contributed by atoms with van der Waals surface area (Å²) in [6, 6.07) is 15.6. The molecule has 0 aliphatic carbocycles. The first kappa shape index (κ1) is 15.1. The number of ether oxygens (including phenoxy) is 2. The number of nitrogens with zero attached hydrogens (tertiary/aromatic N) is 1. The second-order valence-corrected chi connectivity index (χ2v) is 5.99. The van der Waals surface area contributed by atoms with Gasteiger partial charge in [0.2, 0.25) is 5.75 Å². The summed E-state index contributed by atoms with van der Waals surface area (Å²) in [5.74, 6) is 0.842. The van der Waals surface area contributed by atoms with E-state index in [0.717, 1.165) is 20.9 Å². The number of pyridine rings is 1. The Morgan fingerprint density at radius 1 is 1.14 bits per heavy atom. The topological polar surface area (TPSA) is 31.4 Å². The molecule has 0 unspecified atom stereocenters. The normalized spacial score (nSPS) is 10.7. The Morgan fingerprint density at radius 2 is 1.91 bits per heavy atom. The van der Waals surface area contributed by atoms with Gasteiger partial charge < -0.3 is 9.47 Å². The fourth-order valence-electron chi connectivity index (χ4n) is 2.15. The van der Waals surface area contributed by atoms with Crippen LogP contribution in [0.1, 0.15) is 5.56 Å². The minimum atomic E-state index is 0.385. The maximum Gasteiger partial charge on any atom is 0.258 e. The highest BCUT2D eigenvalue weighted by Gasteiger charge is 2.16. The zero-order valence-electron chi connectivity index (χ0n) is 11.8. The number of benzene rings is 2. The standard InChI is InChI=1S/C17H13BrClNO2/c1-21-17-16(22-10-11-5-3-2-4-6-11)15(19)13-9-12(18)7-8-14(13)20-17/h2-9H,10H2,1H3. The van der Waals surface area contributed by atoms with Crippen molar-refractivity contribution in [3.8, 4) is 11.6 Å². The summed E-state index contributed by atoms with van der Waals surface area (Å²) in [7, 11) is 1.55. The number of aromatic nitrogens is 1. The fraction of sp³-hybridized carbons (Fsp3) is 0.118. The Bertz CT molecular complexity index is 809. The molecule has 2 aromatic carbocycles. The molecule has 22 heavy (non-hydrogen) atoms. The van der Waals surface area contributed by atoms with Crippen molar-refractivity contribution in [3.63, 3.8) is 0 Å². The van der Waals surface area contributed by atoms with E-state index in [1.807, 2.05) is 48.5 Å². The molecule has 0 bridgehead atoms. The molecule has 3 rings (SSSR count). The summed E-state index contributed by atoms with van der Waals surface area (Å²) >= 11 is 9.94. The second kappa shape index (κ2) is 6.55. The number of rotatable bonds is 4. The molecule has 0 aliphatic rings. The molecule has 0 fully saturated rings. The molecule has 0 aliphatic heterocycles. The predicted molar refractivity (Wildman–Crippen MR) is 91.8 cm³/mol. The maximum atomic E-state index is 6.50. The van der Waals surface area contributed by atoms with Gasteiger partial charge >= 0.3 is 0 Å². The first-order valence-electron chi connectivity index (χ1n) is 6.68. The molecule has 0 spiro atoms. The molecule has 0 amide bonds. The number of fused-ring (bicyclic) bond motifs is 1. The van der Waals surface area contributed by atoms with Crippen LogP contribution in [0.25, 0.3) is 10.9 Å². The van der Waals surface area contributed by atoms with Gasteiger partial charge in [0, 0.05) is 9.86 Å². The minimum Gasteiger partial charge on any atom is -0.482 e. The third-order valence-electron chi connectivity index (χ3n) is 3.23. The highest BCUT2D eigenvalue weighted by atomic mass is 79.9. The summed E-state index contributed by atoms with van der Waals surface area (Å²) in [5, 5.41) is 1.32. The Labute approximate surface area is 142 Å². The summed E-state index contributed by atoms with van der Waals surface area (Å²) < 4.78 is 12.1. The van der Waals surface area contributed by atoms with Gasteiger partial charge in [0.1, 0.15) is 6.61 Å². The lowest BCUT2D eigenvalue weighted by atomic mass is 10.2. The lowest BCUT2D eigenvalue weighted by molar-refractivity contribution is 0.280. The summed E-state index contributed by atoms with van der Waals surface area (Å²) in [4.78, 5) is 4.46. The maximum absolute atomic E-state index is 6.50. The van der Waals surface area contributed by atoms with Crippen molar-refractivity contribution in [1.29, 1.82) is 0 Å². The number of hydrogen-bond acceptors (Lipinski definition) is 3. The molecule has 0 saturated carbocycles. The van der Waals surface area contributed by atoms with Crippen LogP contribution in [0.2, 0.25) is 5.02 Å². The van der Waals surface area contributed by atoms with Gasteiger partial charge in [0.05, 0.1) is 17.6 Å². The first-order chi connectivity index (χ1) is 10.7. The van der Waals surface area contributed by atoms with E-state index in [1.165, 1.54) is 0 Å². The van der Waals surface area contributed by atoms with Crippen molar-refractivity contribution in [3.05, 3.63) is 63.6 Å². The molecule has 0 radical (unpaired) electrons. The molecule has 112 valence electrons. The monoisotopic (exact) mass is 377 g/mol. The second-order valence-electron chi connectivity index (χ2n) is 4.70. The third kappa shape index (κ3) is 3.03. The van der Waals surface area contributed by atoms with Crippen LogP contribution in [-0.4, -0.2) is 12.1 Å². The number of methoxy groups -OCH3 is 1. The average Bonchev–Trinajstić information content (AvgIpc) is 2.55. The van der Waals surface area contributed by atoms with Crippen LogP contribution in [0.5, 0.6) is 11.6 Å². The SMILES string of the molecule is COc1nc2ccc(Br)cc2c(Cl)c1OCc1ccccc1. The smallest absolute Gasteiger partial charge is 0.258 e. The van der Waals surface area contributed by atoms with Crippen LogP contribution < -0.4 is 9.47 Å². The Hall–Kier alpha value is -1.78. The van der Waals surface area contributed by atoms with Crippen molar-refractivity contribution >= 4 is 38.4 Å². The van der Waals surface area contributed by atoms with Gasteiger partial charge in [-0.1, -0.05) is 57.9 Å². The van der Waals surface area contributed by atoms with E-state index in [2.05, 4.69) is 20.9 Å². The van der Waals surface area contributed by atoms with Gasteiger partial charge in [-0.25, -0.2) is 4.98 Å². The summed E-state index contributed by atoms with van der Waals surface area (Å²) in [5.41, 5.74) is 1.81. The van der Waals surface area contributed by atoms with Crippen LogP contribution in [0.3, 0.4) is 0 Å². The molecule has 3 aromatic rings. The molecule has 0 N–H and O–H groups in total. The average molecular weight is 379 g/mol. The van der Waals surface area contributed by atoms with Gasteiger partial charge in [-0.3, -0.25) is 0 Å². The fourth-order valence-corrected chi connectivity index (χ4v) is 2.80. The largest absolute Gasteiger partial charge is 0.482 e. The van der Waals surface area contributed by atoms with Crippen LogP contribution in [0.4, 0.5) is 0 Å². The third-order valence-corrected chi connectivity index (χ3v) is 4.10. The van der Waals surface area contributed by atoms with Gasteiger partial charge in [-0.05, 0) is 23.8 Å². The Kier molecular flexibility index (Phi) is 4.50. The molecular formula is C17H13BrClNO2. The Morgan fingerprint density at radius 3 is 2.64 bits per heavy atom. The van der Waals surface area contributed by atoms with Crippen molar-refractivity contribution in [1.82, 2.24) is 4.98 Å². The molecule has 5 heteroatoms. The van der Waals surface area contributed by atoms with Crippen molar-refractivity contribution in [2.45, 2.75) is 6.61 Å². The lowest BCUT2D eigenvalue weighted by Crippen LogP contribution is -2.00. The van der Waals surface area contributed by atoms with Crippen LogP contribution in [0.15, 0.2) is 53.0 Å². The van der Waals surface area contributed by atoms with E-state index in [1.54, 1.807) is 7.11 Å². The van der Waals surface area contributed by atoms with Gasteiger partial charge in [0.25, 0.3) is 5.88 Å². The summed E-state index contributed by atoms with van der Waals surface area (Å²) in [6.07, 6.45) is 0. The zero-order chi connectivity index (χ0) is 15.5. The molecule has 1 heterocycles. The molecule has 1 aromatic heterocycles. The molecular weight excluding hydrogens is 366 g/mol. The van der Waals surface area contributed by atoms with Crippen molar-refractivity contribution < 1.29 is 9.47 Å². The van der Waals surface area contributed by atoms with Crippen molar-refractivity contribution in [2.24, 2.45) is 0 Å². The highest BCUT2D eigenvalue weighted by Crippen LogP contribution is 2.40. The van der Waals surface area contributed by atoms with Gasteiger partial charge in [0.15, 0.2) is 0 Å². The Balaban J connectivity index is 2.01. The minimum absolute atomic E-state index is 0.385. The molecule has 0 atom stereocenters. The van der Waals surface area contributed by atoms with E-state index in [9.17, 15) is 0 Å². The summed E-state index contributed by atoms with van der Waals surface area (Å²) in [6.45, 7) is 0.401. The van der Waals surface area contributed by atoms with Crippen molar-refractivity contribution in [2.75, 3.05) is 7.11 Å².